The molecule has 2 unspecified atom stereocenters. The molecular weight excluding hydrogens is 218 g/mol. The van der Waals surface area contributed by atoms with Crippen LogP contribution in [0, 0.1) is 11.8 Å². The molecule has 90 valence electrons. The number of rotatable bonds is 6. The maximum absolute atomic E-state index is 5.98. The Morgan fingerprint density at radius 3 is 2.69 bits per heavy atom. The Balaban J connectivity index is 2.62. The van der Waals surface area contributed by atoms with Crippen molar-refractivity contribution in [3.63, 3.8) is 0 Å². The van der Waals surface area contributed by atoms with E-state index in [0.717, 1.165) is 18.0 Å². The molecule has 0 saturated heterocycles. The molecule has 0 saturated carbocycles. The van der Waals surface area contributed by atoms with E-state index >= 15 is 0 Å². The van der Waals surface area contributed by atoms with Gasteiger partial charge in [0.15, 0.2) is 0 Å². The topological polar surface area (TPSA) is 26.0 Å². The molecule has 0 spiro atoms. The number of nitrogens with two attached hydrogens (primary N) is 1. The summed E-state index contributed by atoms with van der Waals surface area (Å²) in [6.07, 6.45) is 3.52. The fourth-order valence-electron chi connectivity index (χ4n) is 2.17. The molecule has 0 radical (unpaired) electrons. The molecule has 2 atom stereocenters. The predicted molar refractivity (Wildman–Crippen MR) is 71.8 cm³/mol. The standard InChI is InChI=1S/C14H22ClN/c1-3-5-11(2)13(10-16)8-12-6-4-7-14(15)9-12/h4,6-7,9,11,13H,3,5,8,10,16H2,1-2H3. The summed E-state index contributed by atoms with van der Waals surface area (Å²) in [4.78, 5) is 0. The molecule has 0 heterocycles. The van der Waals surface area contributed by atoms with Gasteiger partial charge in [-0.25, -0.2) is 0 Å². The van der Waals surface area contributed by atoms with Crippen LogP contribution in [0.25, 0.3) is 0 Å². The van der Waals surface area contributed by atoms with Gasteiger partial charge < -0.3 is 5.73 Å². The Kier molecular flexibility index (Phi) is 5.86. The van der Waals surface area contributed by atoms with Crippen molar-refractivity contribution >= 4 is 11.6 Å². The van der Waals surface area contributed by atoms with Gasteiger partial charge in [0.1, 0.15) is 0 Å². The quantitative estimate of drug-likeness (QED) is 0.801. The molecule has 0 fully saturated rings. The number of halogens is 1. The minimum atomic E-state index is 0.568. The van der Waals surface area contributed by atoms with Crippen LogP contribution in [-0.4, -0.2) is 6.54 Å². The maximum Gasteiger partial charge on any atom is 0.0408 e. The lowest BCUT2D eigenvalue weighted by Gasteiger charge is -2.22. The molecule has 16 heavy (non-hydrogen) atoms. The summed E-state index contributed by atoms with van der Waals surface area (Å²) in [6.45, 7) is 5.28. The Morgan fingerprint density at radius 1 is 1.38 bits per heavy atom. The van der Waals surface area contributed by atoms with Crippen molar-refractivity contribution in [3.05, 3.63) is 34.9 Å². The van der Waals surface area contributed by atoms with E-state index in [0.29, 0.717) is 11.8 Å². The molecule has 0 aliphatic heterocycles. The van der Waals surface area contributed by atoms with Crippen LogP contribution < -0.4 is 5.73 Å². The average Bonchev–Trinajstić information content (AvgIpc) is 2.26. The molecule has 0 aliphatic carbocycles. The third-order valence-electron chi connectivity index (χ3n) is 3.24. The Hall–Kier alpha value is -0.530. The van der Waals surface area contributed by atoms with Crippen LogP contribution in [0.15, 0.2) is 24.3 Å². The fraction of sp³-hybridized carbons (Fsp3) is 0.571. The van der Waals surface area contributed by atoms with E-state index in [4.69, 9.17) is 17.3 Å². The molecular formula is C14H22ClN. The third-order valence-corrected chi connectivity index (χ3v) is 3.47. The average molecular weight is 240 g/mol. The zero-order valence-electron chi connectivity index (χ0n) is 10.2. The molecule has 0 aromatic heterocycles. The van der Waals surface area contributed by atoms with Gasteiger partial charge in [-0.05, 0) is 42.5 Å². The first-order valence-corrected chi connectivity index (χ1v) is 6.49. The zero-order chi connectivity index (χ0) is 12.0. The highest BCUT2D eigenvalue weighted by atomic mass is 35.5. The molecule has 1 aromatic rings. The van der Waals surface area contributed by atoms with Gasteiger partial charge in [0.05, 0.1) is 0 Å². The fourth-order valence-corrected chi connectivity index (χ4v) is 2.39. The van der Waals surface area contributed by atoms with E-state index in [1.807, 2.05) is 18.2 Å². The molecule has 1 nitrogen and oxygen atoms in total. The van der Waals surface area contributed by atoms with Crippen LogP contribution in [0.2, 0.25) is 5.02 Å². The van der Waals surface area contributed by atoms with Gasteiger partial charge in [-0.15, -0.1) is 0 Å². The van der Waals surface area contributed by atoms with E-state index in [9.17, 15) is 0 Å². The summed E-state index contributed by atoms with van der Waals surface area (Å²) in [5.41, 5.74) is 7.15. The van der Waals surface area contributed by atoms with Crippen LogP contribution in [-0.2, 0) is 6.42 Å². The van der Waals surface area contributed by atoms with E-state index in [-0.39, 0.29) is 0 Å². The molecule has 0 amide bonds. The summed E-state index contributed by atoms with van der Waals surface area (Å²) < 4.78 is 0. The lowest BCUT2D eigenvalue weighted by molar-refractivity contribution is 0.340. The minimum absolute atomic E-state index is 0.568. The summed E-state index contributed by atoms with van der Waals surface area (Å²) in [5.74, 6) is 1.26. The monoisotopic (exact) mass is 239 g/mol. The van der Waals surface area contributed by atoms with Crippen LogP contribution >= 0.6 is 11.6 Å². The normalized spacial score (nSPS) is 14.8. The van der Waals surface area contributed by atoms with E-state index in [1.54, 1.807) is 0 Å². The second kappa shape index (κ2) is 6.93. The van der Waals surface area contributed by atoms with Gasteiger partial charge >= 0.3 is 0 Å². The number of hydrogen-bond acceptors (Lipinski definition) is 1. The largest absolute Gasteiger partial charge is 0.330 e. The van der Waals surface area contributed by atoms with Gasteiger partial charge in [-0.1, -0.05) is 50.4 Å². The Morgan fingerprint density at radius 2 is 2.12 bits per heavy atom. The lowest BCUT2D eigenvalue weighted by atomic mass is 9.85. The van der Waals surface area contributed by atoms with Gasteiger partial charge in [0.2, 0.25) is 0 Å². The van der Waals surface area contributed by atoms with Crippen molar-refractivity contribution in [2.24, 2.45) is 17.6 Å². The Bertz CT molecular complexity index is 311. The highest BCUT2D eigenvalue weighted by Crippen LogP contribution is 2.22. The lowest BCUT2D eigenvalue weighted by Crippen LogP contribution is -2.23. The minimum Gasteiger partial charge on any atom is -0.330 e. The third kappa shape index (κ3) is 4.15. The SMILES string of the molecule is CCCC(C)C(CN)Cc1cccc(Cl)c1. The first-order valence-electron chi connectivity index (χ1n) is 6.11. The van der Waals surface area contributed by atoms with Crippen molar-refractivity contribution in [1.82, 2.24) is 0 Å². The summed E-state index contributed by atoms with van der Waals surface area (Å²) in [7, 11) is 0. The summed E-state index contributed by atoms with van der Waals surface area (Å²) >= 11 is 5.98. The summed E-state index contributed by atoms with van der Waals surface area (Å²) in [5, 5.41) is 0.816. The molecule has 2 N–H and O–H groups in total. The molecule has 0 bridgehead atoms. The maximum atomic E-state index is 5.98. The van der Waals surface area contributed by atoms with E-state index in [1.165, 1.54) is 18.4 Å². The number of benzene rings is 1. The predicted octanol–water partition coefficient (Wildman–Crippen LogP) is 3.89. The van der Waals surface area contributed by atoms with Crippen molar-refractivity contribution in [3.8, 4) is 0 Å². The van der Waals surface area contributed by atoms with Crippen LogP contribution in [0.4, 0.5) is 0 Å². The van der Waals surface area contributed by atoms with Crippen molar-refractivity contribution in [1.29, 1.82) is 0 Å². The number of hydrogen-bond donors (Lipinski definition) is 1. The summed E-state index contributed by atoms with van der Waals surface area (Å²) in [6, 6.07) is 8.10. The van der Waals surface area contributed by atoms with Gasteiger partial charge in [-0.3, -0.25) is 0 Å². The van der Waals surface area contributed by atoms with Gasteiger partial charge in [-0.2, -0.15) is 0 Å². The Labute approximate surface area is 104 Å². The van der Waals surface area contributed by atoms with Gasteiger partial charge in [0, 0.05) is 5.02 Å². The molecule has 2 heteroatoms. The second-order valence-corrected chi connectivity index (χ2v) is 5.03. The van der Waals surface area contributed by atoms with E-state index in [2.05, 4.69) is 19.9 Å². The molecule has 0 aliphatic rings. The van der Waals surface area contributed by atoms with Crippen LogP contribution in [0.5, 0.6) is 0 Å². The van der Waals surface area contributed by atoms with Crippen LogP contribution in [0.1, 0.15) is 32.3 Å². The van der Waals surface area contributed by atoms with Crippen molar-refractivity contribution in [2.45, 2.75) is 33.1 Å². The van der Waals surface area contributed by atoms with Crippen LogP contribution in [0.3, 0.4) is 0 Å². The smallest absolute Gasteiger partial charge is 0.0408 e. The van der Waals surface area contributed by atoms with E-state index < -0.39 is 0 Å². The van der Waals surface area contributed by atoms with Gasteiger partial charge in [0.25, 0.3) is 0 Å². The first-order chi connectivity index (χ1) is 7.67. The first kappa shape index (κ1) is 13.5. The molecule has 1 aromatic carbocycles. The molecule has 1 rings (SSSR count). The highest BCUT2D eigenvalue weighted by molar-refractivity contribution is 6.30. The van der Waals surface area contributed by atoms with Crippen molar-refractivity contribution in [2.75, 3.05) is 6.54 Å². The highest BCUT2D eigenvalue weighted by Gasteiger charge is 2.15. The zero-order valence-corrected chi connectivity index (χ0v) is 11.0. The second-order valence-electron chi connectivity index (χ2n) is 4.60. The van der Waals surface area contributed by atoms with Crippen molar-refractivity contribution < 1.29 is 0 Å².